The zero-order valence-electron chi connectivity index (χ0n) is 12.5. The van der Waals surface area contributed by atoms with Crippen LogP contribution in [0.1, 0.15) is 11.1 Å². The molecule has 6 heteroatoms. The van der Waals surface area contributed by atoms with E-state index in [1.807, 2.05) is 49.4 Å². The summed E-state index contributed by atoms with van der Waals surface area (Å²) in [5, 5.41) is 13.8. The Morgan fingerprint density at radius 3 is 2.74 bits per heavy atom. The molecule has 0 saturated heterocycles. The fourth-order valence-electron chi connectivity index (χ4n) is 2.04. The molecule has 6 nitrogen and oxygen atoms in total. The second-order valence-electron chi connectivity index (χ2n) is 5.04. The van der Waals surface area contributed by atoms with Crippen molar-refractivity contribution in [1.29, 1.82) is 0 Å². The number of amides is 1. The molecule has 0 fully saturated rings. The van der Waals surface area contributed by atoms with Gasteiger partial charge in [-0.2, -0.15) is 0 Å². The number of carbonyl (C=O) groups excluding carboxylic acids is 1. The number of rotatable bonds is 4. The molecule has 3 aromatic rings. The Hall–Kier alpha value is -3.28. The maximum absolute atomic E-state index is 12.0. The fourth-order valence-corrected chi connectivity index (χ4v) is 2.04. The van der Waals surface area contributed by atoms with Gasteiger partial charge in [0.05, 0.1) is 5.69 Å². The molecule has 1 heterocycles. The maximum Gasteiger partial charge on any atom is 0.248 e. The molecule has 0 saturated carbocycles. The first-order valence-electron chi connectivity index (χ1n) is 7.10. The first-order valence-corrected chi connectivity index (χ1v) is 7.10. The summed E-state index contributed by atoms with van der Waals surface area (Å²) in [7, 11) is 0. The molecule has 3 rings (SSSR count). The number of hydrogen-bond acceptors (Lipinski definition) is 4. The van der Waals surface area contributed by atoms with Gasteiger partial charge in [0.2, 0.25) is 5.91 Å². The number of benzene rings is 2. The number of tetrazole rings is 1. The molecular formula is C17H15N5O. The predicted octanol–water partition coefficient (Wildman–Crippen LogP) is 2.62. The molecule has 0 atom stereocenters. The second-order valence-corrected chi connectivity index (χ2v) is 5.04. The van der Waals surface area contributed by atoms with Gasteiger partial charge < -0.3 is 5.32 Å². The predicted molar refractivity (Wildman–Crippen MR) is 88.0 cm³/mol. The smallest absolute Gasteiger partial charge is 0.248 e. The molecular weight excluding hydrogens is 290 g/mol. The number of aryl methyl sites for hydroxylation is 1. The van der Waals surface area contributed by atoms with Gasteiger partial charge in [-0.1, -0.05) is 35.9 Å². The van der Waals surface area contributed by atoms with E-state index in [1.54, 1.807) is 12.1 Å². The molecule has 1 aromatic heterocycles. The number of anilines is 1. The molecule has 0 spiro atoms. The van der Waals surface area contributed by atoms with E-state index in [0.29, 0.717) is 5.69 Å². The standard InChI is InChI=1S/C17H15N5O/c1-13-5-7-14(8-6-13)9-10-17(23)19-15-3-2-4-16(11-15)22-12-18-20-21-22/h2-12H,1H3,(H,19,23)/b10-9+. The fraction of sp³-hybridized carbons (Fsp3) is 0.0588. The van der Waals surface area contributed by atoms with Crippen LogP contribution < -0.4 is 5.32 Å². The average Bonchev–Trinajstić information content (AvgIpc) is 3.09. The van der Waals surface area contributed by atoms with E-state index in [0.717, 1.165) is 11.3 Å². The summed E-state index contributed by atoms with van der Waals surface area (Å²) in [4.78, 5) is 12.0. The van der Waals surface area contributed by atoms with E-state index in [2.05, 4.69) is 20.8 Å². The lowest BCUT2D eigenvalue weighted by Crippen LogP contribution is -2.08. The molecule has 0 aliphatic heterocycles. The van der Waals surface area contributed by atoms with Gasteiger partial charge in [0.15, 0.2) is 0 Å². The van der Waals surface area contributed by atoms with Crippen molar-refractivity contribution in [3.63, 3.8) is 0 Å². The molecule has 0 bridgehead atoms. The van der Waals surface area contributed by atoms with Crippen LogP contribution in [0.4, 0.5) is 5.69 Å². The van der Waals surface area contributed by atoms with E-state index in [1.165, 1.54) is 22.6 Å². The number of carbonyl (C=O) groups is 1. The SMILES string of the molecule is Cc1ccc(/C=C/C(=O)Nc2cccc(-n3cnnn3)c2)cc1. The molecule has 2 aromatic carbocycles. The number of nitrogens with zero attached hydrogens (tertiary/aromatic N) is 4. The van der Waals surface area contributed by atoms with Gasteiger partial charge >= 0.3 is 0 Å². The van der Waals surface area contributed by atoms with Crippen LogP contribution in [0.5, 0.6) is 0 Å². The number of hydrogen-bond donors (Lipinski definition) is 1. The highest BCUT2D eigenvalue weighted by atomic mass is 16.1. The van der Waals surface area contributed by atoms with E-state index >= 15 is 0 Å². The van der Waals surface area contributed by atoms with Crippen LogP contribution in [-0.4, -0.2) is 26.1 Å². The van der Waals surface area contributed by atoms with Gasteiger partial charge in [0.25, 0.3) is 0 Å². The van der Waals surface area contributed by atoms with Crippen LogP contribution in [-0.2, 0) is 4.79 Å². The molecule has 0 aliphatic carbocycles. The van der Waals surface area contributed by atoms with Crippen molar-refractivity contribution >= 4 is 17.7 Å². The normalized spacial score (nSPS) is 10.8. The topological polar surface area (TPSA) is 72.7 Å². The lowest BCUT2D eigenvalue weighted by atomic mass is 10.1. The van der Waals surface area contributed by atoms with Crippen LogP contribution in [0.15, 0.2) is 60.9 Å². The summed E-state index contributed by atoms with van der Waals surface area (Å²) in [6, 6.07) is 15.2. The third-order valence-electron chi connectivity index (χ3n) is 3.23. The zero-order chi connectivity index (χ0) is 16.1. The van der Waals surface area contributed by atoms with Crippen molar-refractivity contribution < 1.29 is 4.79 Å². The third kappa shape index (κ3) is 3.88. The highest BCUT2D eigenvalue weighted by Crippen LogP contribution is 2.13. The Bertz CT molecular complexity index is 822. The summed E-state index contributed by atoms with van der Waals surface area (Å²) in [5.41, 5.74) is 3.62. The summed E-state index contributed by atoms with van der Waals surface area (Å²) in [6.45, 7) is 2.03. The minimum Gasteiger partial charge on any atom is -0.322 e. The molecule has 114 valence electrons. The summed E-state index contributed by atoms with van der Waals surface area (Å²) in [5.74, 6) is -0.195. The second kappa shape index (κ2) is 6.65. The van der Waals surface area contributed by atoms with Crippen LogP contribution in [0.3, 0.4) is 0 Å². The largest absolute Gasteiger partial charge is 0.322 e. The molecule has 1 N–H and O–H groups in total. The highest BCUT2D eigenvalue weighted by Gasteiger charge is 2.02. The summed E-state index contributed by atoms with van der Waals surface area (Å²) in [6.07, 6.45) is 4.78. The van der Waals surface area contributed by atoms with E-state index in [-0.39, 0.29) is 5.91 Å². The lowest BCUT2D eigenvalue weighted by Gasteiger charge is -2.05. The first kappa shape index (κ1) is 14.6. The van der Waals surface area contributed by atoms with Gasteiger partial charge in [0, 0.05) is 11.8 Å². The van der Waals surface area contributed by atoms with Crippen LogP contribution in [0, 0.1) is 6.92 Å². The van der Waals surface area contributed by atoms with Crippen LogP contribution in [0.25, 0.3) is 11.8 Å². The monoisotopic (exact) mass is 305 g/mol. The Labute approximate surface area is 133 Å². The average molecular weight is 305 g/mol. The van der Waals surface area contributed by atoms with Crippen molar-refractivity contribution in [3.05, 3.63) is 72.1 Å². The molecule has 0 unspecified atom stereocenters. The zero-order valence-corrected chi connectivity index (χ0v) is 12.5. The molecule has 23 heavy (non-hydrogen) atoms. The Kier molecular flexibility index (Phi) is 4.24. The van der Waals surface area contributed by atoms with Crippen molar-refractivity contribution in [2.75, 3.05) is 5.32 Å². The minimum absolute atomic E-state index is 0.195. The van der Waals surface area contributed by atoms with Crippen LogP contribution >= 0.6 is 0 Å². The summed E-state index contributed by atoms with van der Waals surface area (Å²) < 4.78 is 1.53. The summed E-state index contributed by atoms with van der Waals surface area (Å²) >= 11 is 0. The van der Waals surface area contributed by atoms with Crippen LogP contribution in [0.2, 0.25) is 0 Å². The number of aromatic nitrogens is 4. The van der Waals surface area contributed by atoms with E-state index in [9.17, 15) is 4.79 Å². The van der Waals surface area contributed by atoms with E-state index in [4.69, 9.17) is 0 Å². The van der Waals surface area contributed by atoms with Gasteiger partial charge in [-0.25, -0.2) is 4.68 Å². The van der Waals surface area contributed by atoms with Crippen molar-refractivity contribution in [2.45, 2.75) is 6.92 Å². The van der Waals surface area contributed by atoms with Gasteiger partial charge in [0.1, 0.15) is 6.33 Å². The van der Waals surface area contributed by atoms with Crippen molar-refractivity contribution in [1.82, 2.24) is 20.2 Å². The Morgan fingerprint density at radius 2 is 2.00 bits per heavy atom. The van der Waals surface area contributed by atoms with Gasteiger partial charge in [-0.3, -0.25) is 4.79 Å². The number of nitrogens with one attached hydrogen (secondary N) is 1. The molecule has 1 amide bonds. The molecule has 0 aliphatic rings. The van der Waals surface area contributed by atoms with Crippen molar-refractivity contribution in [3.8, 4) is 5.69 Å². The quantitative estimate of drug-likeness (QED) is 0.752. The van der Waals surface area contributed by atoms with Crippen molar-refractivity contribution in [2.24, 2.45) is 0 Å². The van der Waals surface area contributed by atoms with Gasteiger partial charge in [-0.05, 0) is 47.2 Å². The Morgan fingerprint density at radius 1 is 1.17 bits per heavy atom. The third-order valence-corrected chi connectivity index (χ3v) is 3.23. The minimum atomic E-state index is -0.195. The maximum atomic E-state index is 12.0. The van der Waals surface area contributed by atoms with E-state index < -0.39 is 0 Å². The Balaban J connectivity index is 1.68. The van der Waals surface area contributed by atoms with Gasteiger partial charge in [-0.15, -0.1) is 5.10 Å². The first-order chi connectivity index (χ1) is 11.2. The lowest BCUT2D eigenvalue weighted by molar-refractivity contribution is -0.111. The molecule has 0 radical (unpaired) electrons. The highest BCUT2D eigenvalue weighted by molar-refractivity contribution is 6.02.